The maximum atomic E-state index is 14.8. The second kappa shape index (κ2) is 13.1. The van der Waals surface area contributed by atoms with Crippen molar-refractivity contribution in [2.75, 3.05) is 6.16 Å². The predicted molar refractivity (Wildman–Crippen MR) is 151 cm³/mol. The molecule has 1 unspecified atom stereocenters. The van der Waals surface area contributed by atoms with Crippen LogP contribution in [0, 0.1) is 20.8 Å². The molecule has 3 rings (SSSR count). The van der Waals surface area contributed by atoms with Gasteiger partial charge in [-0.2, -0.15) is 0 Å². The highest BCUT2D eigenvalue weighted by Gasteiger charge is 2.29. The zero-order chi connectivity index (χ0) is 24.4. The average Bonchev–Trinajstić information content (AvgIpc) is 2.83. The molecule has 34 heavy (non-hydrogen) atoms. The number of aryl methyl sites for hydroxylation is 3. The van der Waals surface area contributed by atoms with Crippen LogP contribution in [-0.4, -0.2) is 6.16 Å². The van der Waals surface area contributed by atoms with Gasteiger partial charge < -0.3 is 4.57 Å². The van der Waals surface area contributed by atoms with Crippen molar-refractivity contribution in [2.24, 2.45) is 0 Å². The molecular formula is C32H43OP. The zero-order valence-corrected chi connectivity index (χ0v) is 22.7. The van der Waals surface area contributed by atoms with E-state index in [1.165, 1.54) is 72.8 Å². The SMILES string of the molecule is CCCCCCCCCCP(=O)(c1ccccc1)c1ccccc1Cc1c(C)cc(C)cc1C. The summed E-state index contributed by atoms with van der Waals surface area (Å²) >= 11 is 0. The van der Waals surface area contributed by atoms with Gasteiger partial charge >= 0.3 is 0 Å². The minimum Gasteiger partial charge on any atom is -0.314 e. The van der Waals surface area contributed by atoms with Crippen LogP contribution >= 0.6 is 7.14 Å². The van der Waals surface area contributed by atoms with Gasteiger partial charge in [-0.25, -0.2) is 0 Å². The van der Waals surface area contributed by atoms with Crippen LogP contribution in [0.1, 0.15) is 86.1 Å². The normalized spacial score (nSPS) is 13.1. The molecule has 0 aliphatic rings. The van der Waals surface area contributed by atoms with Crippen molar-refractivity contribution >= 4 is 17.8 Å². The van der Waals surface area contributed by atoms with E-state index in [1.807, 2.05) is 18.2 Å². The second-order valence-corrected chi connectivity index (χ2v) is 12.9. The van der Waals surface area contributed by atoms with Gasteiger partial charge in [0.2, 0.25) is 0 Å². The molecule has 1 nitrogen and oxygen atoms in total. The quantitative estimate of drug-likeness (QED) is 0.179. The molecule has 0 saturated carbocycles. The fraction of sp³-hybridized carbons (Fsp3) is 0.438. The summed E-state index contributed by atoms with van der Waals surface area (Å²) in [5, 5.41) is 2.06. The smallest absolute Gasteiger partial charge is 0.143 e. The van der Waals surface area contributed by atoms with Gasteiger partial charge in [0.25, 0.3) is 0 Å². The van der Waals surface area contributed by atoms with Gasteiger partial charge in [-0.1, -0.05) is 124 Å². The van der Waals surface area contributed by atoms with E-state index in [0.717, 1.165) is 29.6 Å². The third-order valence-corrected chi connectivity index (χ3v) is 10.4. The van der Waals surface area contributed by atoms with Crippen LogP contribution in [0.3, 0.4) is 0 Å². The van der Waals surface area contributed by atoms with E-state index < -0.39 is 7.14 Å². The van der Waals surface area contributed by atoms with E-state index >= 15 is 0 Å². The zero-order valence-electron chi connectivity index (χ0n) is 21.8. The minimum absolute atomic E-state index is 0.759. The summed E-state index contributed by atoms with van der Waals surface area (Å²) in [4.78, 5) is 0. The van der Waals surface area contributed by atoms with E-state index in [-0.39, 0.29) is 0 Å². The molecule has 0 aromatic heterocycles. The van der Waals surface area contributed by atoms with E-state index in [2.05, 4.69) is 76.2 Å². The van der Waals surface area contributed by atoms with Crippen LogP contribution in [0.2, 0.25) is 0 Å². The van der Waals surface area contributed by atoms with Gasteiger partial charge in [-0.05, 0) is 55.9 Å². The van der Waals surface area contributed by atoms with Crippen molar-refractivity contribution in [1.29, 1.82) is 0 Å². The third kappa shape index (κ3) is 6.96. The Bertz CT molecular complexity index is 1060. The van der Waals surface area contributed by atoms with Crippen molar-refractivity contribution in [3.05, 3.63) is 94.5 Å². The Morgan fingerprint density at radius 1 is 0.676 bits per heavy atom. The number of benzene rings is 3. The van der Waals surface area contributed by atoms with Gasteiger partial charge in [0.05, 0.1) is 0 Å². The number of rotatable bonds is 13. The molecule has 182 valence electrons. The molecule has 0 radical (unpaired) electrons. The lowest BCUT2D eigenvalue weighted by atomic mass is 9.94. The van der Waals surface area contributed by atoms with Crippen molar-refractivity contribution in [1.82, 2.24) is 0 Å². The molecule has 3 aromatic rings. The Balaban J connectivity index is 1.84. The molecule has 0 fully saturated rings. The molecule has 0 saturated heterocycles. The summed E-state index contributed by atoms with van der Waals surface area (Å²) in [6.45, 7) is 8.83. The maximum Gasteiger partial charge on any atom is 0.143 e. The largest absolute Gasteiger partial charge is 0.314 e. The summed E-state index contributed by atoms with van der Waals surface area (Å²) in [5.41, 5.74) is 6.53. The Kier molecular flexibility index (Phi) is 10.2. The first-order chi connectivity index (χ1) is 16.5. The van der Waals surface area contributed by atoms with Crippen LogP contribution in [0.4, 0.5) is 0 Å². The number of hydrogen-bond donors (Lipinski definition) is 0. The van der Waals surface area contributed by atoms with Gasteiger partial charge in [0.1, 0.15) is 7.14 Å². The fourth-order valence-corrected chi connectivity index (χ4v) is 8.26. The van der Waals surface area contributed by atoms with Gasteiger partial charge in [0.15, 0.2) is 0 Å². The Labute approximate surface area is 208 Å². The van der Waals surface area contributed by atoms with Crippen molar-refractivity contribution in [2.45, 2.75) is 85.5 Å². The number of unbranched alkanes of at least 4 members (excludes halogenated alkanes) is 7. The molecule has 0 heterocycles. The fourth-order valence-electron chi connectivity index (χ4n) is 5.22. The highest BCUT2D eigenvalue weighted by Crippen LogP contribution is 2.45. The highest BCUT2D eigenvalue weighted by atomic mass is 31.2. The van der Waals surface area contributed by atoms with Gasteiger partial charge in [-0.3, -0.25) is 0 Å². The summed E-state index contributed by atoms with van der Waals surface area (Å²) < 4.78 is 14.8. The molecule has 2 heteroatoms. The molecule has 0 amide bonds. The first kappa shape index (κ1) is 26.5. The molecule has 0 aliphatic heterocycles. The number of hydrogen-bond acceptors (Lipinski definition) is 1. The third-order valence-electron chi connectivity index (χ3n) is 7.09. The minimum atomic E-state index is -2.70. The average molecular weight is 475 g/mol. The summed E-state index contributed by atoms with van der Waals surface area (Å²) in [5.74, 6) is 0. The van der Waals surface area contributed by atoms with E-state index in [1.54, 1.807) is 0 Å². The van der Waals surface area contributed by atoms with Crippen LogP contribution < -0.4 is 10.6 Å². The maximum absolute atomic E-state index is 14.8. The van der Waals surface area contributed by atoms with Crippen LogP contribution in [0.5, 0.6) is 0 Å². The van der Waals surface area contributed by atoms with E-state index in [9.17, 15) is 4.57 Å². The Morgan fingerprint density at radius 3 is 1.88 bits per heavy atom. The predicted octanol–water partition coefficient (Wildman–Crippen LogP) is 8.66. The molecule has 3 aromatic carbocycles. The van der Waals surface area contributed by atoms with Crippen LogP contribution in [0.15, 0.2) is 66.7 Å². The first-order valence-electron chi connectivity index (χ1n) is 13.3. The van der Waals surface area contributed by atoms with Crippen LogP contribution in [-0.2, 0) is 11.0 Å². The standard InChI is InChI=1S/C32H43OP/c1-5-6-7-8-9-10-11-17-22-34(33,30-19-13-12-14-20-30)32-21-16-15-18-29(32)25-31-27(3)23-26(2)24-28(31)4/h12-16,18-21,23-24H,5-11,17,22,25H2,1-4H3. The topological polar surface area (TPSA) is 17.1 Å². The van der Waals surface area contributed by atoms with Crippen LogP contribution in [0.25, 0.3) is 0 Å². The molecule has 0 spiro atoms. The summed E-state index contributed by atoms with van der Waals surface area (Å²) in [7, 11) is -2.70. The van der Waals surface area contributed by atoms with Crippen molar-refractivity contribution < 1.29 is 4.57 Å². The van der Waals surface area contributed by atoms with Crippen molar-refractivity contribution in [3.8, 4) is 0 Å². The lowest BCUT2D eigenvalue weighted by molar-refractivity contribution is 0.572. The van der Waals surface area contributed by atoms with Gasteiger partial charge in [-0.15, -0.1) is 0 Å². The molecule has 0 aliphatic carbocycles. The molecular weight excluding hydrogens is 431 g/mol. The molecule has 0 bridgehead atoms. The van der Waals surface area contributed by atoms with E-state index in [0.29, 0.717) is 0 Å². The lowest BCUT2D eigenvalue weighted by Gasteiger charge is -2.23. The summed E-state index contributed by atoms with van der Waals surface area (Å²) in [6, 6.07) is 23.3. The first-order valence-corrected chi connectivity index (χ1v) is 15.1. The highest BCUT2D eigenvalue weighted by molar-refractivity contribution is 7.78. The van der Waals surface area contributed by atoms with Gasteiger partial charge in [0, 0.05) is 16.8 Å². The lowest BCUT2D eigenvalue weighted by Crippen LogP contribution is -2.22. The second-order valence-electron chi connectivity index (χ2n) is 9.96. The van der Waals surface area contributed by atoms with Crippen molar-refractivity contribution in [3.63, 3.8) is 0 Å². The summed E-state index contributed by atoms with van der Waals surface area (Å²) in [6.07, 6.45) is 11.7. The molecule has 0 N–H and O–H groups in total. The molecule has 1 atom stereocenters. The van der Waals surface area contributed by atoms with E-state index in [4.69, 9.17) is 0 Å². The Hall–Kier alpha value is -2.11. The monoisotopic (exact) mass is 474 g/mol. The Morgan fingerprint density at radius 2 is 1.24 bits per heavy atom.